The summed E-state index contributed by atoms with van der Waals surface area (Å²) in [5.74, 6) is 0.329. The van der Waals surface area contributed by atoms with E-state index in [1.165, 1.54) is 0 Å². The molecule has 1 unspecified atom stereocenters. The maximum atomic E-state index is 9.73. The number of halogens is 1. The van der Waals surface area contributed by atoms with E-state index in [1.807, 2.05) is 6.07 Å². The van der Waals surface area contributed by atoms with Gasteiger partial charge in [-0.25, -0.2) is 0 Å². The Hall–Kier alpha value is -0.770. The van der Waals surface area contributed by atoms with Gasteiger partial charge < -0.3 is 10.4 Å². The zero-order valence-electron chi connectivity index (χ0n) is 9.41. The van der Waals surface area contributed by atoms with Crippen LogP contribution in [0.15, 0.2) is 18.2 Å². The third-order valence-corrected chi connectivity index (χ3v) is 3.12. The zero-order chi connectivity index (χ0) is 11.5. The number of phenolic OH excluding ortho intramolecular Hbond substituents is 1. The van der Waals surface area contributed by atoms with Crippen LogP contribution in [-0.4, -0.2) is 35.7 Å². The first kappa shape index (κ1) is 11.7. The first-order chi connectivity index (χ1) is 7.65. The molecule has 1 heterocycles. The third-order valence-electron chi connectivity index (χ3n) is 2.89. The first-order valence-electron chi connectivity index (χ1n) is 5.58. The maximum Gasteiger partial charge on any atom is 0.120 e. The van der Waals surface area contributed by atoms with Crippen molar-refractivity contribution in [1.82, 2.24) is 10.2 Å². The molecule has 0 radical (unpaired) electrons. The number of benzene rings is 1. The summed E-state index contributed by atoms with van der Waals surface area (Å²) in [6, 6.07) is 5.71. The summed E-state index contributed by atoms with van der Waals surface area (Å²) >= 11 is 5.92. The molecule has 2 N–H and O–H groups in total. The molecule has 0 spiro atoms. The van der Waals surface area contributed by atoms with Gasteiger partial charge in [-0.2, -0.15) is 0 Å². The lowest BCUT2D eigenvalue weighted by atomic mass is 10.1. The lowest BCUT2D eigenvalue weighted by molar-refractivity contribution is 0.198. The Morgan fingerprint density at radius 2 is 2.38 bits per heavy atom. The van der Waals surface area contributed by atoms with Crippen molar-refractivity contribution in [3.63, 3.8) is 0 Å². The predicted molar refractivity (Wildman–Crippen MR) is 65.9 cm³/mol. The van der Waals surface area contributed by atoms with Gasteiger partial charge in [-0.3, -0.25) is 4.90 Å². The maximum absolute atomic E-state index is 9.73. The van der Waals surface area contributed by atoms with Crippen molar-refractivity contribution < 1.29 is 5.11 Å². The van der Waals surface area contributed by atoms with Crippen molar-refractivity contribution >= 4 is 11.6 Å². The molecule has 1 fully saturated rings. The molecule has 1 aromatic carbocycles. The van der Waals surface area contributed by atoms with Crippen LogP contribution in [0.5, 0.6) is 5.75 Å². The molecule has 0 amide bonds. The largest absolute Gasteiger partial charge is 0.508 e. The van der Waals surface area contributed by atoms with Gasteiger partial charge in [0.25, 0.3) is 0 Å². The number of hydrogen-bond acceptors (Lipinski definition) is 3. The van der Waals surface area contributed by atoms with Crippen molar-refractivity contribution in [1.29, 1.82) is 0 Å². The number of phenols is 1. The minimum atomic E-state index is 0.329. The van der Waals surface area contributed by atoms with E-state index in [1.54, 1.807) is 12.1 Å². The van der Waals surface area contributed by atoms with Crippen LogP contribution < -0.4 is 5.32 Å². The van der Waals surface area contributed by atoms with Crippen LogP contribution in [0, 0.1) is 0 Å². The number of piperazine rings is 1. The molecule has 0 saturated carbocycles. The zero-order valence-corrected chi connectivity index (χ0v) is 10.2. The minimum Gasteiger partial charge on any atom is -0.508 e. The van der Waals surface area contributed by atoms with Crippen molar-refractivity contribution in [3.05, 3.63) is 28.8 Å². The molecule has 2 rings (SSSR count). The molecule has 0 aliphatic carbocycles. The highest BCUT2D eigenvalue weighted by atomic mass is 35.5. The molecular weight excluding hydrogens is 224 g/mol. The van der Waals surface area contributed by atoms with Gasteiger partial charge >= 0.3 is 0 Å². The SMILES string of the molecule is CC1CN(Cc2cc(Cl)ccc2O)CCN1. The number of nitrogens with one attached hydrogen (secondary N) is 1. The molecule has 1 aliphatic rings. The van der Waals surface area contributed by atoms with E-state index in [0.29, 0.717) is 16.8 Å². The fraction of sp³-hybridized carbons (Fsp3) is 0.500. The van der Waals surface area contributed by atoms with Crippen LogP contribution in [0.1, 0.15) is 12.5 Å². The summed E-state index contributed by atoms with van der Waals surface area (Å²) in [6.45, 7) is 5.95. The fourth-order valence-electron chi connectivity index (χ4n) is 2.08. The molecule has 16 heavy (non-hydrogen) atoms. The van der Waals surface area contributed by atoms with Crippen LogP contribution in [0.25, 0.3) is 0 Å². The van der Waals surface area contributed by atoms with Crippen LogP contribution >= 0.6 is 11.6 Å². The van der Waals surface area contributed by atoms with Gasteiger partial charge in [0.1, 0.15) is 5.75 Å². The van der Waals surface area contributed by atoms with Crippen molar-refractivity contribution in [2.24, 2.45) is 0 Å². The molecule has 0 aromatic heterocycles. The minimum absolute atomic E-state index is 0.329. The highest BCUT2D eigenvalue weighted by Gasteiger charge is 2.16. The van der Waals surface area contributed by atoms with E-state index < -0.39 is 0 Å². The summed E-state index contributed by atoms with van der Waals surface area (Å²) < 4.78 is 0. The second kappa shape index (κ2) is 5.04. The fourth-order valence-corrected chi connectivity index (χ4v) is 2.27. The number of nitrogens with zero attached hydrogens (tertiary/aromatic N) is 1. The van der Waals surface area contributed by atoms with Crippen LogP contribution in [-0.2, 0) is 6.54 Å². The smallest absolute Gasteiger partial charge is 0.120 e. The normalized spacial score (nSPS) is 22.2. The highest BCUT2D eigenvalue weighted by Crippen LogP contribution is 2.23. The van der Waals surface area contributed by atoms with Gasteiger partial charge in [0, 0.05) is 42.8 Å². The Morgan fingerprint density at radius 1 is 1.56 bits per heavy atom. The number of hydrogen-bond donors (Lipinski definition) is 2. The highest BCUT2D eigenvalue weighted by molar-refractivity contribution is 6.30. The predicted octanol–water partition coefficient (Wildman–Crippen LogP) is 1.84. The van der Waals surface area contributed by atoms with E-state index in [9.17, 15) is 5.11 Å². The first-order valence-corrected chi connectivity index (χ1v) is 5.96. The van der Waals surface area contributed by atoms with Crippen LogP contribution in [0.4, 0.5) is 0 Å². The lowest BCUT2D eigenvalue weighted by Crippen LogP contribution is -2.48. The van der Waals surface area contributed by atoms with E-state index in [4.69, 9.17) is 11.6 Å². The quantitative estimate of drug-likeness (QED) is 0.828. The van der Waals surface area contributed by atoms with Gasteiger partial charge in [0.05, 0.1) is 0 Å². The third kappa shape index (κ3) is 2.88. The summed E-state index contributed by atoms with van der Waals surface area (Å²) in [5, 5.41) is 13.8. The van der Waals surface area contributed by atoms with E-state index in [2.05, 4.69) is 17.1 Å². The molecule has 1 saturated heterocycles. The Kier molecular flexibility index (Phi) is 3.69. The average molecular weight is 241 g/mol. The second-order valence-electron chi connectivity index (χ2n) is 4.36. The Morgan fingerprint density at radius 3 is 3.12 bits per heavy atom. The topological polar surface area (TPSA) is 35.5 Å². The Bertz CT molecular complexity index is 370. The van der Waals surface area contributed by atoms with E-state index >= 15 is 0 Å². The molecule has 1 aromatic rings. The monoisotopic (exact) mass is 240 g/mol. The molecule has 0 bridgehead atoms. The van der Waals surface area contributed by atoms with Crippen molar-refractivity contribution in [3.8, 4) is 5.75 Å². The van der Waals surface area contributed by atoms with E-state index in [0.717, 1.165) is 31.7 Å². The van der Waals surface area contributed by atoms with Crippen LogP contribution in [0.2, 0.25) is 5.02 Å². The average Bonchev–Trinajstić information content (AvgIpc) is 2.24. The summed E-state index contributed by atoms with van der Waals surface area (Å²) in [4.78, 5) is 2.33. The van der Waals surface area contributed by atoms with Gasteiger partial charge in [0.15, 0.2) is 0 Å². The molecule has 88 valence electrons. The van der Waals surface area contributed by atoms with E-state index in [-0.39, 0.29) is 0 Å². The van der Waals surface area contributed by atoms with Gasteiger partial charge in [-0.1, -0.05) is 11.6 Å². The summed E-state index contributed by atoms with van der Waals surface area (Å²) in [5.41, 5.74) is 0.904. The number of aromatic hydroxyl groups is 1. The Balaban J connectivity index is 2.05. The van der Waals surface area contributed by atoms with Gasteiger partial charge in [-0.05, 0) is 25.1 Å². The van der Waals surface area contributed by atoms with Gasteiger partial charge in [0.2, 0.25) is 0 Å². The van der Waals surface area contributed by atoms with Crippen molar-refractivity contribution in [2.45, 2.75) is 19.5 Å². The summed E-state index contributed by atoms with van der Waals surface area (Å²) in [6.07, 6.45) is 0. The van der Waals surface area contributed by atoms with Gasteiger partial charge in [-0.15, -0.1) is 0 Å². The number of rotatable bonds is 2. The standard InChI is InChI=1S/C12H17ClN2O/c1-9-7-15(5-4-14-9)8-10-6-11(13)2-3-12(10)16/h2-3,6,9,14,16H,4-5,7-8H2,1H3. The Labute approximate surface area is 101 Å². The summed E-state index contributed by atoms with van der Waals surface area (Å²) in [7, 11) is 0. The molecule has 1 aliphatic heterocycles. The van der Waals surface area contributed by atoms with Crippen molar-refractivity contribution in [2.75, 3.05) is 19.6 Å². The molecule has 1 atom stereocenters. The molecule has 4 heteroatoms. The lowest BCUT2D eigenvalue weighted by Gasteiger charge is -2.31. The molecular formula is C12H17ClN2O. The second-order valence-corrected chi connectivity index (χ2v) is 4.80. The molecule has 3 nitrogen and oxygen atoms in total. The van der Waals surface area contributed by atoms with Crippen LogP contribution in [0.3, 0.4) is 0 Å².